The number of benzene rings is 1. The maximum absolute atomic E-state index is 12.1. The summed E-state index contributed by atoms with van der Waals surface area (Å²) >= 11 is 3.38. The number of carboxylic acids is 1. The summed E-state index contributed by atoms with van der Waals surface area (Å²) in [6.45, 7) is 4.26. The van der Waals surface area contributed by atoms with Crippen LogP contribution in [0.5, 0.6) is 0 Å². The number of hydrogen-bond acceptors (Lipinski definition) is 2. The number of carbonyl (C=O) groups is 2. The highest BCUT2D eigenvalue weighted by atomic mass is 79.9. The van der Waals surface area contributed by atoms with Crippen LogP contribution in [0.1, 0.15) is 25.8 Å². The van der Waals surface area contributed by atoms with Gasteiger partial charge in [-0.05, 0) is 30.0 Å². The Balaban J connectivity index is 2.62. The smallest absolute Gasteiger partial charge is 0.326 e. The molecule has 0 radical (unpaired) electrons. The molecule has 1 rings (SSSR count). The van der Waals surface area contributed by atoms with Crippen LogP contribution in [0.2, 0.25) is 0 Å². The molecule has 6 heteroatoms. The molecule has 0 spiro atoms. The zero-order chi connectivity index (χ0) is 16.0. The Bertz CT molecular complexity index is 505. The SMILES string of the molecule is CC(C)CC(NC(=O)N(C)Cc1cccc(Br)c1)C(=O)O. The van der Waals surface area contributed by atoms with Crippen LogP contribution in [0.25, 0.3) is 0 Å². The van der Waals surface area contributed by atoms with E-state index in [2.05, 4.69) is 21.2 Å². The summed E-state index contributed by atoms with van der Waals surface area (Å²) < 4.78 is 0.942. The molecule has 2 N–H and O–H groups in total. The lowest BCUT2D eigenvalue weighted by molar-refractivity contribution is -0.139. The van der Waals surface area contributed by atoms with Gasteiger partial charge >= 0.3 is 12.0 Å². The molecule has 0 aliphatic carbocycles. The van der Waals surface area contributed by atoms with Crippen molar-refractivity contribution in [3.05, 3.63) is 34.3 Å². The normalized spacial score (nSPS) is 12.0. The summed E-state index contributed by atoms with van der Waals surface area (Å²) in [7, 11) is 1.64. The lowest BCUT2D eigenvalue weighted by atomic mass is 10.0. The number of halogens is 1. The summed E-state index contributed by atoms with van der Waals surface area (Å²) in [5.74, 6) is -0.810. The van der Waals surface area contributed by atoms with Gasteiger partial charge in [-0.2, -0.15) is 0 Å². The number of carboxylic acid groups (broad SMARTS) is 1. The molecule has 1 aromatic rings. The zero-order valence-corrected chi connectivity index (χ0v) is 14.1. The van der Waals surface area contributed by atoms with Crippen LogP contribution in [0, 0.1) is 5.92 Å². The Kier molecular flexibility index (Phi) is 6.68. The molecule has 0 aliphatic heterocycles. The highest BCUT2D eigenvalue weighted by Crippen LogP contribution is 2.13. The van der Waals surface area contributed by atoms with E-state index in [1.807, 2.05) is 38.1 Å². The predicted octanol–water partition coefficient (Wildman–Crippen LogP) is 3.09. The third kappa shape index (κ3) is 6.16. The fourth-order valence-corrected chi connectivity index (χ4v) is 2.38. The van der Waals surface area contributed by atoms with Crippen molar-refractivity contribution in [3.63, 3.8) is 0 Å². The van der Waals surface area contributed by atoms with E-state index in [0.29, 0.717) is 13.0 Å². The van der Waals surface area contributed by atoms with Crippen molar-refractivity contribution >= 4 is 27.9 Å². The Hall–Kier alpha value is -1.56. The van der Waals surface area contributed by atoms with Gasteiger partial charge in [-0.25, -0.2) is 9.59 Å². The van der Waals surface area contributed by atoms with E-state index in [-0.39, 0.29) is 11.9 Å². The zero-order valence-electron chi connectivity index (χ0n) is 12.5. The molecular weight excluding hydrogens is 336 g/mol. The number of rotatable bonds is 6. The van der Waals surface area contributed by atoms with Crippen LogP contribution in [-0.2, 0) is 11.3 Å². The van der Waals surface area contributed by atoms with Crippen molar-refractivity contribution in [2.24, 2.45) is 5.92 Å². The fraction of sp³-hybridized carbons (Fsp3) is 0.467. The Morgan fingerprint density at radius 2 is 2.05 bits per heavy atom. The van der Waals surface area contributed by atoms with Crippen LogP contribution in [0.15, 0.2) is 28.7 Å². The number of aliphatic carboxylic acids is 1. The Labute approximate surface area is 133 Å². The van der Waals surface area contributed by atoms with Gasteiger partial charge in [0.2, 0.25) is 0 Å². The lowest BCUT2D eigenvalue weighted by Gasteiger charge is -2.22. The largest absolute Gasteiger partial charge is 0.480 e. The first-order valence-electron chi connectivity index (χ1n) is 6.78. The third-order valence-electron chi connectivity index (χ3n) is 2.96. The second kappa shape index (κ2) is 8.02. The van der Waals surface area contributed by atoms with E-state index in [4.69, 9.17) is 5.11 Å². The number of amides is 2. The maximum atomic E-state index is 12.1. The summed E-state index contributed by atoms with van der Waals surface area (Å²) in [6.07, 6.45) is 0.409. The third-order valence-corrected chi connectivity index (χ3v) is 3.45. The molecule has 116 valence electrons. The fourth-order valence-electron chi connectivity index (χ4n) is 1.93. The molecule has 0 heterocycles. The standard InChI is InChI=1S/C15H21BrN2O3/c1-10(2)7-13(14(19)20)17-15(21)18(3)9-11-5-4-6-12(16)8-11/h4-6,8,10,13H,7,9H2,1-3H3,(H,17,21)(H,19,20). The van der Waals surface area contributed by atoms with Gasteiger partial charge in [0.15, 0.2) is 0 Å². The highest BCUT2D eigenvalue weighted by molar-refractivity contribution is 9.10. The first-order valence-corrected chi connectivity index (χ1v) is 7.57. The molecule has 2 amide bonds. The molecule has 21 heavy (non-hydrogen) atoms. The predicted molar refractivity (Wildman–Crippen MR) is 85.0 cm³/mol. The average molecular weight is 357 g/mol. The van der Waals surface area contributed by atoms with E-state index < -0.39 is 12.0 Å². The molecule has 1 aromatic carbocycles. The molecular formula is C15H21BrN2O3. The minimum absolute atomic E-state index is 0.196. The van der Waals surface area contributed by atoms with Crippen LogP contribution in [0.3, 0.4) is 0 Å². The molecule has 1 atom stereocenters. The van der Waals surface area contributed by atoms with Crippen LogP contribution >= 0.6 is 15.9 Å². The lowest BCUT2D eigenvalue weighted by Crippen LogP contribution is -2.46. The van der Waals surface area contributed by atoms with Crippen LogP contribution in [-0.4, -0.2) is 35.1 Å². The van der Waals surface area contributed by atoms with Crippen molar-refractivity contribution in [3.8, 4) is 0 Å². The monoisotopic (exact) mass is 356 g/mol. The summed E-state index contributed by atoms with van der Waals surface area (Å²) in [4.78, 5) is 24.7. The van der Waals surface area contributed by atoms with Crippen molar-refractivity contribution in [2.75, 3.05) is 7.05 Å². The Morgan fingerprint density at radius 3 is 2.57 bits per heavy atom. The van der Waals surface area contributed by atoms with Crippen molar-refractivity contribution in [2.45, 2.75) is 32.9 Å². The van der Waals surface area contributed by atoms with E-state index in [1.165, 1.54) is 4.90 Å². The average Bonchev–Trinajstić information content (AvgIpc) is 2.37. The first kappa shape index (κ1) is 17.5. The maximum Gasteiger partial charge on any atom is 0.326 e. The topological polar surface area (TPSA) is 69.6 Å². The van der Waals surface area contributed by atoms with Gasteiger partial charge in [0, 0.05) is 18.1 Å². The summed E-state index contributed by atoms with van der Waals surface area (Å²) in [5.41, 5.74) is 0.970. The number of nitrogens with one attached hydrogen (secondary N) is 1. The van der Waals surface area contributed by atoms with Gasteiger partial charge in [0.25, 0.3) is 0 Å². The van der Waals surface area contributed by atoms with E-state index >= 15 is 0 Å². The van der Waals surface area contributed by atoms with Gasteiger partial charge in [0.05, 0.1) is 0 Å². The first-order chi connectivity index (χ1) is 9.79. The van der Waals surface area contributed by atoms with E-state index in [9.17, 15) is 9.59 Å². The number of urea groups is 1. The molecule has 0 aliphatic rings. The van der Waals surface area contributed by atoms with Crippen LogP contribution in [0.4, 0.5) is 4.79 Å². The van der Waals surface area contributed by atoms with Gasteiger partial charge in [0.1, 0.15) is 6.04 Å². The molecule has 0 aromatic heterocycles. The van der Waals surface area contributed by atoms with Crippen molar-refractivity contribution in [1.29, 1.82) is 0 Å². The van der Waals surface area contributed by atoms with E-state index in [0.717, 1.165) is 10.0 Å². The second-order valence-corrected chi connectivity index (χ2v) is 6.37. The van der Waals surface area contributed by atoms with Gasteiger partial charge < -0.3 is 15.3 Å². The van der Waals surface area contributed by atoms with Crippen molar-refractivity contribution < 1.29 is 14.7 Å². The van der Waals surface area contributed by atoms with Gasteiger partial charge in [-0.3, -0.25) is 0 Å². The van der Waals surface area contributed by atoms with E-state index in [1.54, 1.807) is 7.05 Å². The Morgan fingerprint density at radius 1 is 1.38 bits per heavy atom. The molecule has 0 saturated heterocycles. The molecule has 5 nitrogen and oxygen atoms in total. The van der Waals surface area contributed by atoms with Crippen LogP contribution < -0.4 is 5.32 Å². The molecule has 0 saturated carbocycles. The quantitative estimate of drug-likeness (QED) is 0.822. The minimum Gasteiger partial charge on any atom is -0.480 e. The summed E-state index contributed by atoms with van der Waals surface area (Å²) in [6, 6.07) is 6.39. The van der Waals surface area contributed by atoms with Gasteiger partial charge in [-0.15, -0.1) is 0 Å². The number of nitrogens with zero attached hydrogens (tertiary/aromatic N) is 1. The number of hydrogen-bond donors (Lipinski definition) is 2. The minimum atomic E-state index is -1.01. The number of carbonyl (C=O) groups excluding carboxylic acids is 1. The summed E-state index contributed by atoms with van der Waals surface area (Å²) in [5, 5.41) is 11.7. The molecule has 0 bridgehead atoms. The van der Waals surface area contributed by atoms with Gasteiger partial charge in [-0.1, -0.05) is 41.9 Å². The van der Waals surface area contributed by atoms with Crippen molar-refractivity contribution in [1.82, 2.24) is 10.2 Å². The highest BCUT2D eigenvalue weighted by Gasteiger charge is 2.22. The second-order valence-electron chi connectivity index (χ2n) is 5.46. The molecule has 1 unspecified atom stereocenters. The molecule has 0 fully saturated rings.